The van der Waals surface area contributed by atoms with Gasteiger partial charge in [-0.2, -0.15) is 0 Å². The Hall–Kier alpha value is -3.23. The van der Waals surface area contributed by atoms with Crippen LogP contribution < -0.4 is 5.32 Å². The van der Waals surface area contributed by atoms with Crippen LogP contribution >= 0.6 is 23.1 Å². The van der Waals surface area contributed by atoms with Crippen molar-refractivity contribution in [2.75, 3.05) is 11.1 Å². The molecule has 32 heavy (non-hydrogen) atoms. The molecule has 162 valence electrons. The van der Waals surface area contributed by atoms with Gasteiger partial charge in [-0.1, -0.05) is 55.1 Å². The Morgan fingerprint density at radius 1 is 1.00 bits per heavy atom. The number of thiophene rings is 1. The second-order valence-corrected chi connectivity index (χ2v) is 8.94. The number of hydrogen-bond acceptors (Lipinski definition) is 6. The minimum absolute atomic E-state index is 0.00435. The molecular weight excluding hydrogens is 440 g/mol. The Morgan fingerprint density at radius 3 is 2.47 bits per heavy atom. The van der Waals surface area contributed by atoms with Crippen LogP contribution in [0.1, 0.15) is 29.3 Å². The van der Waals surface area contributed by atoms with E-state index in [1.54, 1.807) is 42.5 Å². The zero-order chi connectivity index (χ0) is 22.3. The fourth-order valence-electron chi connectivity index (χ4n) is 3.09. The molecule has 0 aliphatic heterocycles. The predicted octanol–water partition coefficient (Wildman–Crippen LogP) is 5.38. The van der Waals surface area contributed by atoms with Gasteiger partial charge < -0.3 is 5.32 Å². The summed E-state index contributed by atoms with van der Waals surface area (Å²) >= 11 is 2.99. The lowest BCUT2D eigenvalue weighted by Gasteiger charge is -2.10. The highest BCUT2D eigenvalue weighted by Gasteiger charge is 2.17. The molecule has 2 heterocycles. The third-order valence-corrected chi connectivity index (χ3v) is 6.62. The summed E-state index contributed by atoms with van der Waals surface area (Å²) in [6.07, 6.45) is 0.411. The van der Waals surface area contributed by atoms with Crippen LogP contribution in [0.15, 0.2) is 77.3 Å². The Labute approximate surface area is 194 Å². The fourth-order valence-corrected chi connectivity index (χ4v) is 4.64. The summed E-state index contributed by atoms with van der Waals surface area (Å²) in [4.78, 5) is 25.3. The quantitative estimate of drug-likeness (QED) is 0.267. The first kappa shape index (κ1) is 22.0. The molecule has 1 N–H and O–H groups in total. The Morgan fingerprint density at radius 2 is 1.78 bits per heavy atom. The summed E-state index contributed by atoms with van der Waals surface area (Å²) in [5, 5.41) is 14.3. The molecule has 0 atom stereocenters. The van der Waals surface area contributed by atoms with Crippen LogP contribution in [0.2, 0.25) is 0 Å². The number of carbonyl (C=O) groups excluding carboxylic acids is 2. The summed E-state index contributed by atoms with van der Waals surface area (Å²) in [5.74, 6) is 0.988. The number of nitrogens with one attached hydrogen (secondary N) is 1. The molecule has 8 heteroatoms. The molecule has 4 rings (SSSR count). The number of thioether (sulfide) groups is 1. The summed E-state index contributed by atoms with van der Waals surface area (Å²) in [5.41, 5.74) is 2.42. The van der Waals surface area contributed by atoms with E-state index in [9.17, 15) is 9.59 Å². The first-order valence-electron chi connectivity index (χ1n) is 10.2. The van der Waals surface area contributed by atoms with Crippen molar-refractivity contribution >= 4 is 40.5 Å². The van der Waals surface area contributed by atoms with E-state index in [1.807, 2.05) is 35.7 Å². The number of nitrogens with zero attached hydrogens (tertiary/aromatic N) is 3. The third-order valence-electron chi connectivity index (χ3n) is 4.79. The number of amides is 1. The van der Waals surface area contributed by atoms with Crippen molar-refractivity contribution in [2.45, 2.75) is 25.0 Å². The van der Waals surface area contributed by atoms with Gasteiger partial charge in [0.2, 0.25) is 5.91 Å². The van der Waals surface area contributed by atoms with E-state index >= 15 is 0 Å². The third kappa shape index (κ3) is 5.33. The van der Waals surface area contributed by atoms with Gasteiger partial charge >= 0.3 is 0 Å². The van der Waals surface area contributed by atoms with Crippen molar-refractivity contribution < 1.29 is 9.59 Å². The molecule has 6 nitrogen and oxygen atoms in total. The van der Waals surface area contributed by atoms with Gasteiger partial charge in [-0.05, 0) is 41.3 Å². The second-order valence-electron chi connectivity index (χ2n) is 7.05. The number of rotatable bonds is 9. The number of aromatic nitrogens is 3. The van der Waals surface area contributed by atoms with Gasteiger partial charge in [0, 0.05) is 17.7 Å². The van der Waals surface area contributed by atoms with Crippen LogP contribution in [-0.4, -0.2) is 32.2 Å². The number of Topliss-reactive ketones (excluding diaryl/α,β-unsaturated/α-hetero) is 1. The first-order chi connectivity index (χ1) is 15.6. The number of hydrogen-bond donors (Lipinski definition) is 1. The molecule has 0 aliphatic rings. The molecule has 0 saturated carbocycles. The van der Waals surface area contributed by atoms with Crippen molar-refractivity contribution in [3.05, 3.63) is 83.2 Å². The van der Waals surface area contributed by atoms with Crippen molar-refractivity contribution in [3.63, 3.8) is 0 Å². The van der Waals surface area contributed by atoms with Gasteiger partial charge in [-0.3, -0.25) is 14.2 Å². The highest BCUT2D eigenvalue weighted by atomic mass is 32.2. The SMILES string of the molecule is CCC(=O)Nc1ccc(C(=O)CSc2nnc(-c3cccs3)n2Cc2ccccc2)cc1. The van der Waals surface area contributed by atoms with Gasteiger partial charge in [0.05, 0.1) is 17.2 Å². The van der Waals surface area contributed by atoms with Crippen LogP contribution in [0, 0.1) is 0 Å². The Kier molecular flexibility index (Phi) is 7.14. The lowest BCUT2D eigenvalue weighted by molar-refractivity contribution is -0.115. The van der Waals surface area contributed by atoms with Crippen molar-refractivity contribution in [1.29, 1.82) is 0 Å². The molecule has 2 aromatic carbocycles. The van der Waals surface area contributed by atoms with Crippen LogP contribution in [0.4, 0.5) is 5.69 Å². The lowest BCUT2D eigenvalue weighted by atomic mass is 10.1. The van der Waals surface area contributed by atoms with Crippen LogP contribution in [0.3, 0.4) is 0 Å². The van der Waals surface area contributed by atoms with Crippen LogP contribution in [-0.2, 0) is 11.3 Å². The predicted molar refractivity (Wildman–Crippen MR) is 129 cm³/mol. The monoisotopic (exact) mass is 462 g/mol. The average molecular weight is 463 g/mol. The molecule has 0 radical (unpaired) electrons. The maximum atomic E-state index is 12.7. The van der Waals surface area contributed by atoms with Gasteiger partial charge in [-0.15, -0.1) is 21.5 Å². The summed E-state index contributed by atoms with van der Waals surface area (Å²) in [7, 11) is 0. The molecule has 0 aliphatic carbocycles. The standard InChI is InChI=1S/C24H22N4O2S2/c1-2-22(30)25-19-12-10-18(11-13-19)20(29)16-32-24-27-26-23(21-9-6-14-31-21)28(24)15-17-7-4-3-5-8-17/h3-14H,2,15-16H2,1H3,(H,25,30). The molecule has 0 unspecified atom stereocenters. The molecular formula is C24H22N4O2S2. The lowest BCUT2D eigenvalue weighted by Crippen LogP contribution is -2.10. The minimum Gasteiger partial charge on any atom is -0.326 e. The fraction of sp³-hybridized carbons (Fsp3) is 0.167. The summed E-state index contributed by atoms with van der Waals surface area (Å²) in [6.45, 7) is 2.42. The zero-order valence-electron chi connectivity index (χ0n) is 17.5. The highest BCUT2D eigenvalue weighted by Crippen LogP contribution is 2.28. The molecule has 2 aromatic heterocycles. The van der Waals surface area contributed by atoms with Crippen molar-refractivity contribution in [2.24, 2.45) is 0 Å². The number of benzene rings is 2. The number of anilines is 1. The molecule has 0 spiro atoms. The largest absolute Gasteiger partial charge is 0.326 e. The average Bonchev–Trinajstić information content (AvgIpc) is 3.49. The normalized spacial score (nSPS) is 10.8. The van der Waals surface area contributed by atoms with Crippen LogP contribution in [0.25, 0.3) is 10.7 Å². The molecule has 0 fully saturated rings. The van der Waals surface area contributed by atoms with Crippen molar-refractivity contribution in [3.8, 4) is 10.7 Å². The second kappa shape index (κ2) is 10.4. The highest BCUT2D eigenvalue weighted by molar-refractivity contribution is 7.99. The zero-order valence-corrected chi connectivity index (χ0v) is 19.2. The Balaban J connectivity index is 1.49. The van der Waals surface area contributed by atoms with Gasteiger partial charge in [0.15, 0.2) is 16.8 Å². The topological polar surface area (TPSA) is 76.9 Å². The Bertz CT molecular complexity index is 1190. The number of ketones is 1. The van der Waals surface area contributed by atoms with E-state index in [0.29, 0.717) is 29.4 Å². The molecule has 0 bridgehead atoms. The maximum absolute atomic E-state index is 12.7. The summed E-state index contributed by atoms with van der Waals surface area (Å²) in [6, 6.07) is 21.1. The molecule has 4 aromatic rings. The first-order valence-corrected chi connectivity index (χ1v) is 12.1. The minimum atomic E-state index is -0.0565. The van der Waals surface area contributed by atoms with E-state index < -0.39 is 0 Å². The van der Waals surface area contributed by atoms with Gasteiger partial charge in [-0.25, -0.2) is 0 Å². The summed E-state index contributed by atoms with van der Waals surface area (Å²) < 4.78 is 2.06. The molecule has 1 amide bonds. The van der Waals surface area contributed by atoms with Crippen molar-refractivity contribution in [1.82, 2.24) is 14.8 Å². The van der Waals surface area contributed by atoms with E-state index in [-0.39, 0.29) is 17.4 Å². The smallest absolute Gasteiger partial charge is 0.224 e. The van der Waals surface area contributed by atoms with E-state index in [2.05, 4.69) is 32.2 Å². The van der Waals surface area contributed by atoms with Crippen LogP contribution in [0.5, 0.6) is 0 Å². The number of carbonyl (C=O) groups is 2. The van der Waals surface area contributed by atoms with E-state index in [4.69, 9.17) is 0 Å². The maximum Gasteiger partial charge on any atom is 0.224 e. The van der Waals surface area contributed by atoms with E-state index in [0.717, 1.165) is 16.3 Å². The van der Waals surface area contributed by atoms with E-state index in [1.165, 1.54) is 11.8 Å². The van der Waals surface area contributed by atoms with Gasteiger partial charge in [0.25, 0.3) is 0 Å². The van der Waals surface area contributed by atoms with Gasteiger partial charge in [0.1, 0.15) is 0 Å². The molecule has 0 saturated heterocycles.